The Labute approximate surface area is 106 Å². The fourth-order valence-corrected chi connectivity index (χ4v) is 1.85. The maximum absolute atomic E-state index is 5.56. The van der Waals surface area contributed by atoms with Gasteiger partial charge in [-0.25, -0.2) is 0 Å². The molecule has 0 aliphatic heterocycles. The number of nitrogens with zero attached hydrogens (tertiary/aromatic N) is 1. The molecule has 5 heteroatoms. The lowest BCUT2D eigenvalue weighted by atomic mass is 10.1. The summed E-state index contributed by atoms with van der Waals surface area (Å²) in [4.78, 5) is 0. The first-order chi connectivity index (χ1) is 8.69. The molecular weight excluding hydrogens is 230 g/mol. The molecule has 0 saturated carbocycles. The Hall–Kier alpha value is -2.01. The number of aromatic amines is 1. The topological polar surface area (TPSA) is 73.2 Å². The Morgan fingerprint density at radius 3 is 2.44 bits per heavy atom. The molecule has 0 radical (unpaired) electrons. The molecule has 0 amide bonds. The van der Waals surface area contributed by atoms with Crippen LogP contribution in [0.5, 0.6) is 11.5 Å². The summed E-state index contributed by atoms with van der Waals surface area (Å²) in [5, 5.41) is 7.12. The van der Waals surface area contributed by atoms with Crippen LogP contribution in [0.15, 0.2) is 18.2 Å². The van der Waals surface area contributed by atoms with Crippen LogP contribution in [-0.2, 0) is 6.54 Å². The van der Waals surface area contributed by atoms with Gasteiger partial charge in [0.1, 0.15) is 11.5 Å². The van der Waals surface area contributed by atoms with Gasteiger partial charge in [0, 0.05) is 17.8 Å². The number of aryl methyl sites for hydroxylation is 1. The minimum atomic E-state index is 0.429. The van der Waals surface area contributed by atoms with Gasteiger partial charge in [0.2, 0.25) is 0 Å². The van der Waals surface area contributed by atoms with Crippen LogP contribution in [0.1, 0.15) is 11.3 Å². The maximum Gasteiger partial charge on any atom is 0.128 e. The van der Waals surface area contributed by atoms with E-state index in [1.54, 1.807) is 14.2 Å². The Balaban J connectivity index is 2.54. The third kappa shape index (κ3) is 2.17. The van der Waals surface area contributed by atoms with Gasteiger partial charge in [-0.2, -0.15) is 5.10 Å². The summed E-state index contributed by atoms with van der Waals surface area (Å²) in [5.41, 5.74) is 9.15. The molecule has 1 aromatic carbocycles. The normalized spacial score (nSPS) is 10.4. The molecule has 18 heavy (non-hydrogen) atoms. The minimum Gasteiger partial charge on any atom is -0.496 e. The van der Waals surface area contributed by atoms with Gasteiger partial charge in [0.15, 0.2) is 0 Å². The zero-order valence-electron chi connectivity index (χ0n) is 10.8. The van der Waals surface area contributed by atoms with Gasteiger partial charge < -0.3 is 15.2 Å². The van der Waals surface area contributed by atoms with Crippen LogP contribution in [-0.4, -0.2) is 24.4 Å². The number of hydrogen-bond donors (Lipinski definition) is 2. The number of benzene rings is 1. The molecule has 1 aromatic heterocycles. The standard InChI is InChI=1S/C13H17N3O2/c1-8-4-13(18-3)10(6-12(8)17-2)11-5-9(7-14)15-16-11/h4-6H,7,14H2,1-3H3,(H,15,16). The number of aromatic nitrogens is 2. The van der Waals surface area contributed by atoms with Gasteiger partial charge in [-0.1, -0.05) is 0 Å². The Morgan fingerprint density at radius 2 is 1.89 bits per heavy atom. The molecule has 96 valence electrons. The van der Waals surface area contributed by atoms with E-state index in [0.29, 0.717) is 6.54 Å². The fraction of sp³-hybridized carbons (Fsp3) is 0.308. The molecular formula is C13H17N3O2. The lowest BCUT2D eigenvalue weighted by Gasteiger charge is -2.11. The molecule has 3 N–H and O–H groups in total. The van der Waals surface area contributed by atoms with E-state index in [-0.39, 0.29) is 0 Å². The predicted molar refractivity (Wildman–Crippen MR) is 69.8 cm³/mol. The highest BCUT2D eigenvalue weighted by Gasteiger charge is 2.13. The second kappa shape index (κ2) is 5.10. The van der Waals surface area contributed by atoms with E-state index in [9.17, 15) is 0 Å². The van der Waals surface area contributed by atoms with Gasteiger partial charge in [0.25, 0.3) is 0 Å². The van der Waals surface area contributed by atoms with Gasteiger partial charge in [-0.05, 0) is 30.7 Å². The van der Waals surface area contributed by atoms with E-state index in [1.807, 2.05) is 25.1 Å². The van der Waals surface area contributed by atoms with Crippen molar-refractivity contribution in [2.75, 3.05) is 14.2 Å². The smallest absolute Gasteiger partial charge is 0.128 e. The fourth-order valence-electron chi connectivity index (χ4n) is 1.85. The number of H-pyrrole nitrogens is 1. The molecule has 0 atom stereocenters. The summed E-state index contributed by atoms with van der Waals surface area (Å²) in [6.45, 7) is 2.40. The van der Waals surface area contributed by atoms with Crippen molar-refractivity contribution in [2.45, 2.75) is 13.5 Å². The van der Waals surface area contributed by atoms with Crippen molar-refractivity contribution in [3.05, 3.63) is 29.5 Å². The van der Waals surface area contributed by atoms with Crippen molar-refractivity contribution in [3.8, 4) is 22.8 Å². The number of rotatable bonds is 4. The molecule has 2 aromatic rings. The SMILES string of the molecule is COc1cc(-c2cc(CN)[nH]n2)c(OC)cc1C. The molecule has 0 bridgehead atoms. The first-order valence-electron chi connectivity index (χ1n) is 5.67. The largest absolute Gasteiger partial charge is 0.496 e. The second-order valence-corrected chi connectivity index (χ2v) is 4.00. The molecule has 2 rings (SSSR count). The van der Waals surface area contributed by atoms with Crippen LogP contribution in [0.4, 0.5) is 0 Å². The summed E-state index contributed by atoms with van der Waals surface area (Å²) in [7, 11) is 3.29. The van der Waals surface area contributed by atoms with Crippen LogP contribution in [0.3, 0.4) is 0 Å². The highest BCUT2D eigenvalue weighted by molar-refractivity contribution is 5.70. The maximum atomic E-state index is 5.56. The van der Waals surface area contributed by atoms with Crippen LogP contribution < -0.4 is 15.2 Å². The van der Waals surface area contributed by atoms with Crippen molar-refractivity contribution in [3.63, 3.8) is 0 Å². The summed E-state index contributed by atoms with van der Waals surface area (Å²) < 4.78 is 10.7. The van der Waals surface area contributed by atoms with Gasteiger partial charge in [-0.3, -0.25) is 5.10 Å². The Morgan fingerprint density at radius 1 is 1.17 bits per heavy atom. The number of ether oxygens (including phenoxy) is 2. The van der Waals surface area contributed by atoms with Gasteiger partial charge >= 0.3 is 0 Å². The zero-order valence-corrected chi connectivity index (χ0v) is 10.8. The highest BCUT2D eigenvalue weighted by atomic mass is 16.5. The van der Waals surface area contributed by atoms with E-state index in [0.717, 1.165) is 34.0 Å². The van der Waals surface area contributed by atoms with Crippen molar-refractivity contribution < 1.29 is 9.47 Å². The molecule has 0 spiro atoms. The minimum absolute atomic E-state index is 0.429. The molecule has 5 nitrogen and oxygen atoms in total. The van der Waals surface area contributed by atoms with Crippen LogP contribution in [0, 0.1) is 6.92 Å². The van der Waals surface area contributed by atoms with E-state index in [1.165, 1.54) is 0 Å². The third-order valence-corrected chi connectivity index (χ3v) is 2.84. The van der Waals surface area contributed by atoms with Crippen molar-refractivity contribution in [1.82, 2.24) is 10.2 Å². The van der Waals surface area contributed by atoms with Crippen LogP contribution in [0.25, 0.3) is 11.3 Å². The Bertz CT molecular complexity index is 549. The summed E-state index contributed by atoms with van der Waals surface area (Å²) >= 11 is 0. The second-order valence-electron chi connectivity index (χ2n) is 4.00. The van der Waals surface area contributed by atoms with Crippen LogP contribution >= 0.6 is 0 Å². The highest BCUT2D eigenvalue weighted by Crippen LogP contribution is 2.35. The number of nitrogens with two attached hydrogens (primary N) is 1. The van der Waals surface area contributed by atoms with Gasteiger partial charge in [-0.15, -0.1) is 0 Å². The summed E-state index contributed by atoms with van der Waals surface area (Å²) in [6.07, 6.45) is 0. The van der Waals surface area contributed by atoms with Crippen molar-refractivity contribution >= 4 is 0 Å². The summed E-state index contributed by atoms with van der Waals surface area (Å²) in [5.74, 6) is 1.58. The average Bonchev–Trinajstić information content (AvgIpc) is 2.87. The van der Waals surface area contributed by atoms with E-state index >= 15 is 0 Å². The average molecular weight is 247 g/mol. The van der Waals surface area contributed by atoms with E-state index in [2.05, 4.69) is 10.2 Å². The summed E-state index contributed by atoms with van der Waals surface area (Å²) in [6, 6.07) is 5.77. The quantitative estimate of drug-likeness (QED) is 0.865. The predicted octanol–water partition coefficient (Wildman–Crippen LogP) is 1.86. The van der Waals surface area contributed by atoms with Crippen LogP contribution in [0.2, 0.25) is 0 Å². The number of hydrogen-bond acceptors (Lipinski definition) is 4. The Kier molecular flexibility index (Phi) is 3.53. The number of nitrogens with one attached hydrogen (secondary N) is 1. The first-order valence-corrected chi connectivity index (χ1v) is 5.67. The molecule has 0 aliphatic carbocycles. The zero-order chi connectivity index (χ0) is 13.1. The van der Waals surface area contributed by atoms with Crippen molar-refractivity contribution in [2.24, 2.45) is 5.73 Å². The van der Waals surface area contributed by atoms with E-state index in [4.69, 9.17) is 15.2 Å². The van der Waals surface area contributed by atoms with Crippen molar-refractivity contribution in [1.29, 1.82) is 0 Å². The number of methoxy groups -OCH3 is 2. The molecule has 0 unspecified atom stereocenters. The third-order valence-electron chi connectivity index (χ3n) is 2.84. The molecule has 0 fully saturated rings. The van der Waals surface area contributed by atoms with Gasteiger partial charge in [0.05, 0.1) is 19.9 Å². The molecule has 0 saturated heterocycles. The molecule has 1 heterocycles. The lowest BCUT2D eigenvalue weighted by Crippen LogP contribution is -1.95. The lowest BCUT2D eigenvalue weighted by molar-refractivity contribution is 0.401. The first kappa shape index (κ1) is 12.4. The monoisotopic (exact) mass is 247 g/mol. The van der Waals surface area contributed by atoms with E-state index < -0.39 is 0 Å². The molecule has 0 aliphatic rings.